The van der Waals surface area contributed by atoms with Gasteiger partial charge in [-0.15, -0.1) is 11.6 Å². The van der Waals surface area contributed by atoms with Crippen molar-refractivity contribution in [2.24, 2.45) is 16.7 Å². The molecule has 2 aliphatic rings. The molecule has 0 aliphatic heterocycles. The van der Waals surface area contributed by atoms with Crippen molar-refractivity contribution in [1.82, 2.24) is 5.32 Å². The smallest absolute Gasteiger partial charge is 0.224 e. The Balaban J connectivity index is 2.04. The van der Waals surface area contributed by atoms with Crippen molar-refractivity contribution in [3.05, 3.63) is 0 Å². The van der Waals surface area contributed by atoms with Gasteiger partial charge in [-0.2, -0.15) is 0 Å². The molecule has 2 saturated carbocycles. The first kappa shape index (κ1) is 13.2. The lowest BCUT2D eigenvalue weighted by atomic mass is 9.99. The molecular formula is C14H24ClNO. The van der Waals surface area contributed by atoms with Gasteiger partial charge >= 0.3 is 0 Å². The summed E-state index contributed by atoms with van der Waals surface area (Å²) in [6.45, 7) is 8.72. The van der Waals surface area contributed by atoms with Crippen molar-refractivity contribution in [3.8, 4) is 0 Å². The van der Waals surface area contributed by atoms with Gasteiger partial charge in [-0.05, 0) is 23.7 Å². The number of carbonyl (C=O) groups excluding carboxylic acids is 1. The van der Waals surface area contributed by atoms with Crippen LogP contribution in [0.2, 0.25) is 0 Å². The monoisotopic (exact) mass is 257 g/mol. The van der Waals surface area contributed by atoms with Gasteiger partial charge in [-0.3, -0.25) is 4.79 Å². The third kappa shape index (κ3) is 1.89. The van der Waals surface area contributed by atoms with Crippen LogP contribution in [0, 0.1) is 16.7 Å². The third-order valence-electron chi connectivity index (χ3n) is 5.49. The molecule has 0 aromatic heterocycles. The number of carbonyl (C=O) groups is 1. The topological polar surface area (TPSA) is 29.1 Å². The molecule has 3 heteroatoms. The molecule has 0 saturated heterocycles. The van der Waals surface area contributed by atoms with Gasteiger partial charge in [0.25, 0.3) is 0 Å². The predicted octanol–water partition coefficient (Wildman–Crippen LogP) is 3.34. The number of hydrogen-bond acceptors (Lipinski definition) is 1. The summed E-state index contributed by atoms with van der Waals surface area (Å²) in [5, 5.41) is 3.24. The summed E-state index contributed by atoms with van der Waals surface area (Å²) in [5.41, 5.74) is 0.111. The van der Waals surface area contributed by atoms with Gasteiger partial charge in [0, 0.05) is 11.8 Å². The number of hydrogen-bond donors (Lipinski definition) is 1. The fourth-order valence-electron chi connectivity index (χ4n) is 3.53. The van der Waals surface area contributed by atoms with Crippen LogP contribution in [0.25, 0.3) is 0 Å². The molecule has 2 rings (SSSR count). The van der Waals surface area contributed by atoms with Crippen molar-refractivity contribution in [2.45, 2.75) is 58.9 Å². The quantitative estimate of drug-likeness (QED) is 0.772. The molecule has 2 aliphatic carbocycles. The molecule has 0 radical (unpaired) electrons. The fourth-order valence-corrected chi connectivity index (χ4v) is 3.86. The van der Waals surface area contributed by atoms with Gasteiger partial charge in [-0.1, -0.05) is 40.5 Å². The van der Waals surface area contributed by atoms with Crippen LogP contribution in [-0.2, 0) is 4.79 Å². The van der Waals surface area contributed by atoms with Gasteiger partial charge in [0.05, 0.1) is 5.54 Å². The first-order valence-electron chi connectivity index (χ1n) is 6.65. The lowest BCUT2D eigenvalue weighted by Gasteiger charge is -2.28. The third-order valence-corrected chi connectivity index (χ3v) is 6.00. The van der Waals surface area contributed by atoms with E-state index in [0.717, 1.165) is 12.8 Å². The first-order valence-corrected chi connectivity index (χ1v) is 7.18. The molecular weight excluding hydrogens is 234 g/mol. The van der Waals surface area contributed by atoms with Crippen molar-refractivity contribution >= 4 is 17.5 Å². The van der Waals surface area contributed by atoms with Crippen molar-refractivity contribution < 1.29 is 4.79 Å². The molecule has 0 heterocycles. The Morgan fingerprint density at radius 3 is 2.00 bits per heavy atom. The minimum absolute atomic E-state index is 0.114. The maximum atomic E-state index is 12.4. The maximum absolute atomic E-state index is 12.4. The zero-order valence-corrected chi connectivity index (χ0v) is 12.2. The molecule has 2 nitrogen and oxygen atoms in total. The molecule has 0 unspecified atom stereocenters. The summed E-state index contributed by atoms with van der Waals surface area (Å²) in [6, 6.07) is 0. The van der Waals surface area contributed by atoms with Crippen molar-refractivity contribution in [3.63, 3.8) is 0 Å². The molecule has 0 atom stereocenters. The van der Waals surface area contributed by atoms with Crippen LogP contribution in [0.4, 0.5) is 0 Å². The molecule has 1 amide bonds. The van der Waals surface area contributed by atoms with Crippen LogP contribution in [0.3, 0.4) is 0 Å². The summed E-state index contributed by atoms with van der Waals surface area (Å²) in [6.07, 6.45) is 4.44. The second kappa shape index (κ2) is 3.88. The maximum Gasteiger partial charge on any atom is 0.224 e. The lowest BCUT2D eigenvalue weighted by Crippen LogP contribution is -2.49. The molecule has 0 aromatic carbocycles. The Hall–Kier alpha value is -0.240. The summed E-state index contributed by atoms with van der Waals surface area (Å²) in [5.74, 6) is 0.894. The van der Waals surface area contributed by atoms with Crippen molar-refractivity contribution in [1.29, 1.82) is 0 Å². The van der Waals surface area contributed by atoms with E-state index in [4.69, 9.17) is 11.6 Å². The van der Waals surface area contributed by atoms with Gasteiger partial charge in [-0.25, -0.2) is 0 Å². The van der Waals surface area contributed by atoms with Crippen LogP contribution < -0.4 is 5.32 Å². The van der Waals surface area contributed by atoms with Crippen LogP contribution in [-0.4, -0.2) is 17.3 Å². The number of halogens is 1. The Morgan fingerprint density at radius 1 is 1.18 bits per heavy atom. The highest BCUT2D eigenvalue weighted by atomic mass is 35.5. The summed E-state index contributed by atoms with van der Waals surface area (Å²) in [4.78, 5) is 12.4. The highest BCUT2D eigenvalue weighted by Gasteiger charge is 2.68. The molecule has 1 N–H and O–H groups in total. The van der Waals surface area contributed by atoms with E-state index in [2.05, 4.69) is 33.0 Å². The summed E-state index contributed by atoms with van der Waals surface area (Å²) >= 11 is 6.06. The van der Waals surface area contributed by atoms with E-state index >= 15 is 0 Å². The minimum Gasteiger partial charge on any atom is -0.349 e. The molecule has 98 valence electrons. The lowest BCUT2D eigenvalue weighted by molar-refractivity contribution is -0.125. The largest absolute Gasteiger partial charge is 0.349 e. The Morgan fingerprint density at radius 2 is 1.65 bits per heavy atom. The fraction of sp³-hybridized carbons (Fsp3) is 0.929. The van der Waals surface area contributed by atoms with E-state index < -0.39 is 0 Å². The molecule has 2 fully saturated rings. The van der Waals surface area contributed by atoms with E-state index in [0.29, 0.717) is 5.88 Å². The van der Waals surface area contributed by atoms with Crippen molar-refractivity contribution in [2.75, 3.05) is 5.88 Å². The van der Waals surface area contributed by atoms with E-state index in [1.54, 1.807) is 0 Å². The highest BCUT2D eigenvalue weighted by Crippen LogP contribution is 2.68. The average Bonchev–Trinajstić information content (AvgIpc) is 2.58. The van der Waals surface area contributed by atoms with Gasteiger partial charge in [0.15, 0.2) is 0 Å². The number of nitrogens with one attached hydrogen (secondary N) is 1. The van der Waals surface area contributed by atoms with Crippen LogP contribution >= 0.6 is 11.6 Å². The molecule has 0 aromatic rings. The Kier molecular flexibility index (Phi) is 3.01. The summed E-state index contributed by atoms with van der Waals surface area (Å²) < 4.78 is 0. The van der Waals surface area contributed by atoms with Crippen LogP contribution in [0.5, 0.6) is 0 Å². The standard InChI is InChI=1S/C14H24ClNO/c1-12(2)10(13(12,3)4)11(17)16-14(9-15)7-5-6-8-14/h10H,5-9H2,1-4H3,(H,16,17). The van der Waals surface area contributed by atoms with Crippen LogP contribution in [0.15, 0.2) is 0 Å². The van der Waals surface area contributed by atoms with Gasteiger partial charge in [0.1, 0.15) is 0 Å². The first-order chi connectivity index (χ1) is 7.77. The van der Waals surface area contributed by atoms with E-state index in [1.165, 1.54) is 12.8 Å². The Labute approximate surface area is 109 Å². The average molecular weight is 258 g/mol. The number of alkyl halides is 1. The van der Waals surface area contributed by atoms with Crippen LogP contribution in [0.1, 0.15) is 53.4 Å². The van der Waals surface area contributed by atoms with Gasteiger partial charge in [0.2, 0.25) is 5.91 Å². The SMILES string of the molecule is CC1(C)C(C(=O)NC2(CCl)CCCC2)C1(C)C. The molecule has 17 heavy (non-hydrogen) atoms. The number of rotatable bonds is 3. The van der Waals surface area contributed by atoms with E-state index in [1.807, 2.05) is 0 Å². The normalized spacial score (nSPS) is 29.0. The molecule has 0 bridgehead atoms. The predicted molar refractivity (Wildman–Crippen MR) is 71.1 cm³/mol. The minimum atomic E-state index is -0.118. The van der Waals surface area contributed by atoms with E-state index in [-0.39, 0.29) is 28.2 Å². The summed E-state index contributed by atoms with van der Waals surface area (Å²) in [7, 11) is 0. The Bertz CT molecular complexity index is 315. The second-order valence-corrected chi connectivity index (χ2v) is 7.25. The highest BCUT2D eigenvalue weighted by molar-refractivity contribution is 6.18. The zero-order chi connectivity index (χ0) is 12.9. The zero-order valence-electron chi connectivity index (χ0n) is 11.4. The van der Waals surface area contributed by atoms with Gasteiger partial charge < -0.3 is 5.32 Å². The number of amides is 1. The second-order valence-electron chi connectivity index (χ2n) is 6.99. The molecule has 0 spiro atoms. The van der Waals surface area contributed by atoms with E-state index in [9.17, 15) is 4.79 Å².